The number of carbonyl (C=O) groups is 1. The van der Waals surface area contributed by atoms with Crippen LogP contribution in [-0.4, -0.2) is 67.5 Å². The molecule has 0 radical (unpaired) electrons. The van der Waals surface area contributed by atoms with Crippen LogP contribution in [0.3, 0.4) is 0 Å². The molecule has 2 aliphatic rings. The average Bonchev–Trinajstić information content (AvgIpc) is 3.53. The number of fused-ring (bicyclic) bond motifs is 1. The number of benzene rings is 2. The summed E-state index contributed by atoms with van der Waals surface area (Å²) < 4.78 is 0. The third-order valence-electron chi connectivity index (χ3n) is 5.46. The van der Waals surface area contributed by atoms with Crippen LogP contribution in [0.25, 0.3) is 10.8 Å². The Morgan fingerprint density at radius 3 is 2.48 bits per heavy atom. The van der Waals surface area contributed by atoms with Gasteiger partial charge in [-0.25, -0.2) is 0 Å². The molecular weight excluding hydrogens is 477 g/mol. The number of hydrogen-bond donors (Lipinski definition) is 2. The predicted molar refractivity (Wildman–Crippen MR) is 129 cm³/mol. The summed E-state index contributed by atoms with van der Waals surface area (Å²) in [6.45, 7) is 4.79. The summed E-state index contributed by atoms with van der Waals surface area (Å²) in [5.74, 6) is 1.09. The highest BCUT2D eigenvalue weighted by molar-refractivity contribution is 14.0. The summed E-state index contributed by atoms with van der Waals surface area (Å²) in [6.07, 6.45) is 2.28. The van der Waals surface area contributed by atoms with Crippen LogP contribution in [0.4, 0.5) is 0 Å². The van der Waals surface area contributed by atoms with Gasteiger partial charge in [-0.3, -0.25) is 14.7 Å². The Bertz CT molecular complexity index is 859. The normalized spacial score (nSPS) is 17.7. The maximum absolute atomic E-state index is 12.0. The maximum Gasteiger partial charge on any atom is 0.234 e. The van der Waals surface area contributed by atoms with Crippen molar-refractivity contribution >= 4 is 46.6 Å². The topological polar surface area (TPSA) is 60.0 Å². The number of hydrogen-bond acceptors (Lipinski definition) is 3. The van der Waals surface area contributed by atoms with E-state index in [1.54, 1.807) is 0 Å². The van der Waals surface area contributed by atoms with Crippen molar-refractivity contribution in [2.24, 2.45) is 4.99 Å². The number of piperazine rings is 1. The minimum atomic E-state index is 0. The molecule has 2 N–H and O–H groups in total. The fraction of sp³-hybridized carbons (Fsp3) is 0.455. The molecule has 0 atom stereocenters. The van der Waals surface area contributed by atoms with E-state index in [0.717, 1.165) is 51.5 Å². The van der Waals surface area contributed by atoms with Crippen molar-refractivity contribution in [3.63, 3.8) is 0 Å². The quantitative estimate of drug-likeness (QED) is 0.371. The number of rotatable bonds is 5. The Hall–Kier alpha value is -1.87. The number of nitrogens with zero attached hydrogens (tertiary/aromatic N) is 3. The highest BCUT2D eigenvalue weighted by atomic mass is 127. The van der Waals surface area contributed by atoms with Crippen LogP contribution in [0.5, 0.6) is 0 Å². The van der Waals surface area contributed by atoms with Gasteiger partial charge in [-0.2, -0.15) is 0 Å². The molecule has 0 bridgehead atoms. The van der Waals surface area contributed by atoms with E-state index in [4.69, 9.17) is 0 Å². The molecule has 2 aromatic carbocycles. The van der Waals surface area contributed by atoms with Crippen LogP contribution in [0, 0.1) is 0 Å². The van der Waals surface area contributed by atoms with E-state index < -0.39 is 0 Å². The second kappa shape index (κ2) is 10.2. The number of nitrogens with one attached hydrogen (secondary N) is 2. The molecule has 1 aliphatic carbocycles. The van der Waals surface area contributed by atoms with E-state index in [0.29, 0.717) is 12.6 Å². The van der Waals surface area contributed by atoms with Gasteiger partial charge in [-0.1, -0.05) is 36.4 Å². The van der Waals surface area contributed by atoms with Crippen molar-refractivity contribution in [2.75, 3.05) is 39.8 Å². The molecular formula is C22H30IN5O. The molecule has 1 aliphatic heterocycles. The minimum absolute atomic E-state index is 0. The molecule has 2 aromatic rings. The number of carbonyl (C=O) groups excluding carboxylic acids is 1. The molecule has 29 heavy (non-hydrogen) atoms. The lowest BCUT2D eigenvalue weighted by atomic mass is 10.1. The predicted octanol–water partition coefficient (Wildman–Crippen LogP) is 2.43. The molecule has 0 aromatic heterocycles. The van der Waals surface area contributed by atoms with Crippen molar-refractivity contribution in [1.29, 1.82) is 0 Å². The van der Waals surface area contributed by atoms with Gasteiger partial charge in [0, 0.05) is 45.8 Å². The van der Waals surface area contributed by atoms with Gasteiger partial charge in [0.25, 0.3) is 0 Å². The first-order valence-electron chi connectivity index (χ1n) is 10.2. The highest BCUT2D eigenvalue weighted by Crippen LogP contribution is 2.18. The Morgan fingerprint density at radius 2 is 1.79 bits per heavy atom. The Morgan fingerprint density at radius 1 is 1.07 bits per heavy atom. The van der Waals surface area contributed by atoms with Gasteiger partial charge in [-0.15, -0.1) is 24.0 Å². The van der Waals surface area contributed by atoms with E-state index in [9.17, 15) is 4.79 Å². The zero-order valence-corrected chi connectivity index (χ0v) is 19.3. The van der Waals surface area contributed by atoms with Crippen molar-refractivity contribution in [3.05, 3.63) is 48.0 Å². The minimum Gasteiger partial charge on any atom is -0.352 e. The van der Waals surface area contributed by atoms with Gasteiger partial charge >= 0.3 is 0 Å². The van der Waals surface area contributed by atoms with Crippen molar-refractivity contribution in [1.82, 2.24) is 20.4 Å². The molecule has 2 fully saturated rings. The van der Waals surface area contributed by atoms with Crippen molar-refractivity contribution in [2.45, 2.75) is 25.4 Å². The number of guanidine groups is 1. The van der Waals surface area contributed by atoms with Crippen LogP contribution in [0.15, 0.2) is 47.5 Å². The summed E-state index contributed by atoms with van der Waals surface area (Å²) in [6, 6.07) is 15.4. The first-order chi connectivity index (χ1) is 13.7. The molecule has 0 unspecified atom stereocenters. The number of amides is 1. The van der Waals surface area contributed by atoms with E-state index in [-0.39, 0.29) is 29.9 Å². The van der Waals surface area contributed by atoms with Crippen LogP contribution >= 0.6 is 24.0 Å². The summed E-state index contributed by atoms with van der Waals surface area (Å²) >= 11 is 0. The third kappa shape index (κ3) is 6.05. The monoisotopic (exact) mass is 507 g/mol. The molecule has 1 saturated heterocycles. The van der Waals surface area contributed by atoms with Gasteiger partial charge in [-0.05, 0) is 35.2 Å². The van der Waals surface area contributed by atoms with Crippen molar-refractivity contribution in [3.8, 4) is 0 Å². The molecule has 4 rings (SSSR count). The van der Waals surface area contributed by atoms with Crippen LogP contribution in [-0.2, 0) is 11.3 Å². The lowest BCUT2D eigenvalue weighted by Crippen LogP contribution is -2.54. The molecule has 7 heteroatoms. The van der Waals surface area contributed by atoms with Crippen LogP contribution in [0.1, 0.15) is 18.4 Å². The lowest BCUT2D eigenvalue weighted by molar-refractivity contribution is -0.122. The van der Waals surface area contributed by atoms with Crippen molar-refractivity contribution < 1.29 is 4.79 Å². The Kier molecular flexibility index (Phi) is 7.71. The van der Waals surface area contributed by atoms with Crippen LogP contribution in [0.2, 0.25) is 0 Å². The second-order valence-electron chi connectivity index (χ2n) is 7.69. The standard InChI is InChI=1S/C22H29N5O.HI/c1-23-22(24-15-17-6-7-18-4-2-3-5-19(18)14-17)27-12-10-26(11-13-27)16-21(28)25-20-8-9-20;/h2-7,14,20H,8-13,15-16H2,1H3,(H,23,24)(H,25,28);1H. The lowest BCUT2D eigenvalue weighted by Gasteiger charge is -2.36. The van der Waals surface area contributed by atoms with E-state index in [2.05, 4.69) is 67.9 Å². The fourth-order valence-corrected chi connectivity index (χ4v) is 3.68. The average molecular weight is 507 g/mol. The zero-order valence-electron chi connectivity index (χ0n) is 16.9. The smallest absolute Gasteiger partial charge is 0.234 e. The van der Waals surface area contributed by atoms with E-state index in [1.807, 2.05) is 7.05 Å². The summed E-state index contributed by atoms with van der Waals surface area (Å²) in [7, 11) is 1.83. The molecule has 156 valence electrons. The van der Waals surface area contributed by atoms with Gasteiger partial charge in [0.2, 0.25) is 5.91 Å². The van der Waals surface area contributed by atoms with Crippen LogP contribution < -0.4 is 10.6 Å². The first-order valence-corrected chi connectivity index (χ1v) is 10.2. The fourth-order valence-electron chi connectivity index (χ4n) is 3.68. The summed E-state index contributed by atoms with van der Waals surface area (Å²) in [5, 5.41) is 9.08. The Labute approximate surface area is 189 Å². The maximum atomic E-state index is 12.0. The number of aliphatic imine (C=N–C) groups is 1. The SMILES string of the molecule is CN=C(NCc1ccc2ccccc2c1)N1CCN(CC(=O)NC2CC2)CC1.I. The molecule has 1 amide bonds. The molecule has 1 saturated carbocycles. The largest absolute Gasteiger partial charge is 0.352 e. The Balaban J connectivity index is 0.00000240. The number of halogens is 1. The van der Waals surface area contributed by atoms with Gasteiger partial charge in [0.1, 0.15) is 0 Å². The van der Waals surface area contributed by atoms with E-state index in [1.165, 1.54) is 16.3 Å². The molecule has 6 nitrogen and oxygen atoms in total. The molecule has 1 heterocycles. The third-order valence-corrected chi connectivity index (χ3v) is 5.46. The van der Waals surface area contributed by atoms with E-state index >= 15 is 0 Å². The zero-order chi connectivity index (χ0) is 19.3. The second-order valence-corrected chi connectivity index (χ2v) is 7.69. The van der Waals surface area contributed by atoms with Gasteiger partial charge in [0.05, 0.1) is 6.54 Å². The molecule has 0 spiro atoms. The summed E-state index contributed by atoms with van der Waals surface area (Å²) in [4.78, 5) is 20.9. The highest BCUT2D eigenvalue weighted by Gasteiger charge is 2.25. The summed E-state index contributed by atoms with van der Waals surface area (Å²) in [5.41, 5.74) is 1.25. The van der Waals surface area contributed by atoms with Gasteiger partial charge < -0.3 is 15.5 Å². The van der Waals surface area contributed by atoms with Gasteiger partial charge in [0.15, 0.2) is 5.96 Å². The first kappa shape index (κ1) is 21.8.